The van der Waals surface area contributed by atoms with Gasteiger partial charge < -0.3 is 9.55 Å². The first kappa shape index (κ1) is 18.7. The Morgan fingerprint density at radius 2 is 1.93 bits per heavy atom. The number of aryl methyl sites for hydroxylation is 1. The molecular weight excluding hydrogens is 370 g/mol. The van der Waals surface area contributed by atoms with Crippen LogP contribution in [0.15, 0.2) is 47.6 Å². The van der Waals surface area contributed by atoms with E-state index in [0.29, 0.717) is 0 Å². The van der Waals surface area contributed by atoms with Gasteiger partial charge in [-0.15, -0.1) is 0 Å². The first-order valence-corrected chi connectivity index (χ1v) is 9.54. The Hall–Kier alpha value is -3.11. The van der Waals surface area contributed by atoms with E-state index in [1.54, 1.807) is 6.20 Å². The highest BCUT2D eigenvalue weighted by molar-refractivity contribution is 7.89. The number of carbonyl (C=O) groups is 2. The number of nitrogens with one attached hydrogen (secondary N) is 4. The fourth-order valence-corrected chi connectivity index (χ4v) is 3.51. The number of aromatic nitrogens is 2. The molecule has 2 heterocycles. The van der Waals surface area contributed by atoms with Gasteiger partial charge >= 0.3 is 0 Å². The van der Waals surface area contributed by atoms with Crippen molar-refractivity contribution in [2.45, 2.75) is 11.3 Å². The van der Waals surface area contributed by atoms with E-state index in [0.717, 1.165) is 16.5 Å². The predicted molar refractivity (Wildman–Crippen MR) is 99.3 cm³/mol. The van der Waals surface area contributed by atoms with Gasteiger partial charge in [0.2, 0.25) is 15.9 Å². The molecule has 0 unspecified atom stereocenters. The van der Waals surface area contributed by atoms with Crippen LogP contribution in [-0.2, 0) is 28.3 Å². The number of fused-ring (bicyclic) bond motifs is 1. The number of hydrogen-bond donors (Lipinski definition) is 4. The molecule has 2 amide bonds. The molecular formula is C17H19N5O4S. The number of hydrogen-bond acceptors (Lipinski definition) is 4. The van der Waals surface area contributed by atoms with Crippen LogP contribution >= 0.6 is 0 Å². The van der Waals surface area contributed by atoms with Crippen molar-refractivity contribution in [2.75, 3.05) is 7.05 Å². The molecule has 142 valence electrons. The smallest absolute Gasteiger partial charge is 0.286 e. The van der Waals surface area contributed by atoms with E-state index >= 15 is 0 Å². The van der Waals surface area contributed by atoms with Gasteiger partial charge in [-0.3, -0.25) is 20.4 Å². The van der Waals surface area contributed by atoms with Crippen molar-refractivity contribution in [3.63, 3.8) is 0 Å². The van der Waals surface area contributed by atoms with E-state index in [1.807, 2.05) is 24.3 Å². The third-order valence-electron chi connectivity index (χ3n) is 4.13. The van der Waals surface area contributed by atoms with Crippen molar-refractivity contribution in [1.82, 2.24) is 25.1 Å². The zero-order valence-corrected chi connectivity index (χ0v) is 15.6. The summed E-state index contributed by atoms with van der Waals surface area (Å²) in [6.07, 6.45) is 3.14. The van der Waals surface area contributed by atoms with Gasteiger partial charge in [0.1, 0.15) is 10.6 Å². The van der Waals surface area contributed by atoms with Crippen LogP contribution in [0.1, 0.15) is 16.1 Å². The monoisotopic (exact) mass is 389 g/mol. The second-order valence-electron chi connectivity index (χ2n) is 5.92. The maximum Gasteiger partial charge on any atom is 0.286 e. The summed E-state index contributed by atoms with van der Waals surface area (Å²) in [5.41, 5.74) is 6.46. The van der Waals surface area contributed by atoms with Crippen molar-refractivity contribution < 1.29 is 18.0 Å². The van der Waals surface area contributed by atoms with Crippen LogP contribution in [-0.4, -0.2) is 36.8 Å². The second kappa shape index (κ2) is 7.25. The molecule has 0 radical (unpaired) electrons. The zero-order valence-electron chi connectivity index (χ0n) is 14.7. The predicted octanol–water partition coefficient (Wildman–Crippen LogP) is 0.418. The molecule has 2 aromatic heterocycles. The van der Waals surface area contributed by atoms with E-state index < -0.39 is 21.8 Å². The highest BCUT2D eigenvalue weighted by Crippen LogP contribution is 2.18. The lowest BCUT2D eigenvalue weighted by Gasteiger charge is -2.07. The number of benzene rings is 1. The van der Waals surface area contributed by atoms with Gasteiger partial charge in [-0.05, 0) is 24.7 Å². The minimum absolute atomic E-state index is 0.0391. The molecule has 0 atom stereocenters. The van der Waals surface area contributed by atoms with Crippen LogP contribution in [0, 0.1) is 0 Å². The third-order valence-corrected chi connectivity index (χ3v) is 5.51. The Morgan fingerprint density at radius 1 is 1.19 bits per heavy atom. The van der Waals surface area contributed by atoms with Gasteiger partial charge in [0.15, 0.2) is 0 Å². The standard InChI is InChI=1S/C17H19N5O4S/c1-18-27(25,26)12-8-15(22(2)10-12)17(24)21-20-16(23)7-11-9-19-14-6-4-3-5-13(11)14/h3-6,8-10,18-19H,7H2,1-2H3,(H,20,23)(H,21,24). The lowest BCUT2D eigenvalue weighted by Crippen LogP contribution is -2.42. The number of hydrazine groups is 1. The summed E-state index contributed by atoms with van der Waals surface area (Å²) in [5, 5.41) is 0.934. The molecule has 0 aliphatic carbocycles. The molecule has 4 N–H and O–H groups in total. The summed E-state index contributed by atoms with van der Waals surface area (Å²) >= 11 is 0. The molecule has 0 saturated heterocycles. The van der Waals surface area contributed by atoms with Crippen LogP contribution in [0.5, 0.6) is 0 Å². The Kier molecular flexibility index (Phi) is 5.02. The molecule has 0 aliphatic heterocycles. The van der Waals surface area contributed by atoms with Crippen LogP contribution in [0.4, 0.5) is 0 Å². The van der Waals surface area contributed by atoms with E-state index in [9.17, 15) is 18.0 Å². The first-order valence-electron chi connectivity index (χ1n) is 8.06. The molecule has 27 heavy (non-hydrogen) atoms. The van der Waals surface area contributed by atoms with Crippen LogP contribution in [0.2, 0.25) is 0 Å². The van der Waals surface area contributed by atoms with Crippen LogP contribution < -0.4 is 15.6 Å². The molecule has 3 rings (SSSR count). The number of carbonyl (C=O) groups excluding carboxylic acids is 2. The maximum atomic E-state index is 12.2. The van der Waals surface area contributed by atoms with Crippen molar-refractivity contribution in [3.8, 4) is 0 Å². The molecule has 0 saturated carbocycles. The summed E-state index contributed by atoms with van der Waals surface area (Å²) in [6, 6.07) is 8.81. The highest BCUT2D eigenvalue weighted by Gasteiger charge is 2.19. The summed E-state index contributed by atoms with van der Waals surface area (Å²) in [5.74, 6) is -1.02. The molecule has 0 aliphatic rings. The number of para-hydroxylation sites is 1. The van der Waals surface area contributed by atoms with Crippen molar-refractivity contribution >= 4 is 32.7 Å². The summed E-state index contributed by atoms with van der Waals surface area (Å²) in [7, 11) is -0.838. The Bertz CT molecular complexity index is 1110. The molecule has 1 aromatic carbocycles. The number of sulfonamides is 1. The summed E-state index contributed by atoms with van der Waals surface area (Å²) < 4.78 is 27.2. The topological polar surface area (TPSA) is 125 Å². The summed E-state index contributed by atoms with van der Waals surface area (Å²) in [6.45, 7) is 0. The fraction of sp³-hybridized carbons (Fsp3) is 0.176. The van der Waals surface area contributed by atoms with Gasteiger partial charge in [0, 0.05) is 30.3 Å². The van der Waals surface area contributed by atoms with Gasteiger partial charge in [0.05, 0.1) is 6.42 Å². The number of nitrogens with zero attached hydrogens (tertiary/aromatic N) is 1. The van der Waals surface area contributed by atoms with Gasteiger partial charge in [-0.2, -0.15) is 0 Å². The van der Waals surface area contributed by atoms with Crippen molar-refractivity contribution in [2.24, 2.45) is 7.05 Å². The fourth-order valence-electron chi connectivity index (χ4n) is 2.71. The summed E-state index contributed by atoms with van der Waals surface area (Å²) in [4.78, 5) is 27.4. The molecule has 3 aromatic rings. The van der Waals surface area contributed by atoms with Gasteiger partial charge in [0.25, 0.3) is 5.91 Å². The van der Waals surface area contributed by atoms with E-state index in [4.69, 9.17) is 0 Å². The Labute approximate surface area is 155 Å². The minimum atomic E-state index is -3.66. The second-order valence-corrected chi connectivity index (χ2v) is 7.80. The first-order chi connectivity index (χ1) is 12.8. The minimum Gasteiger partial charge on any atom is -0.361 e. The Balaban J connectivity index is 1.65. The molecule has 0 bridgehead atoms. The average Bonchev–Trinajstić information content (AvgIpc) is 3.24. The molecule has 0 spiro atoms. The normalized spacial score (nSPS) is 11.5. The largest absolute Gasteiger partial charge is 0.361 e. The lowest BCUT2D eigenvalue weighted by atomic mass is 10.1. The zero-order chi connectivity index (χ0) is 19.6. The van der Waals surface area contributed by atoms with Gasteiger partial charge in [-0.25, -0.2) is 13.1 Å². The molecule has 0 fully saturated rings. The van der Waals surface area contributed by atoms with E-state index in [1.165, 1.54) is 30.9 Å². The van der Waals surface area contributed by atoms with E-state index in [2.05, 4.69) is 20.6 Å². The molecule has 9 nitrogen and oxygen atoms in total. The highest BCUT2D eigenvalue weighted by atomic mass is 32.2. The number of H-pyrrole nitrogens is 1. The average molecular weight is 389 g/mol. The van der Waals surface area contributed by atoms with Gasteiger partial charge in [-0.1, -0.05) is 18.2 Å². The number of rotatable bonds is 5. The molecule has 10 heteroatoms. The SMILES string of the molecule is CNS(=O)(=O)c1cc(C(=O)NNC(=O)Cc2c[nH]c3ccccc23)n(C)c1. The maximum absolute atomic E-state index is 12.2. The quantitative estimate of drug-likeness (QED) is 0.472. The van der Waals surface area contributed by atoms with Crippen LogP contribution in [0.25, 0.3) is 10.9 Å². The number of aromatic amines is 1. The van der Waals surface area contributed by atoms with Crippen molar-refractivity contribution in [1.29, 1.82) is 0 Å². The van der Waals surface area contributed by atoms with Crippen molar-refractivity contribution in [3.05, 3.63) is 54.0 Å². The van der Waals surface area contributed by atoms with Crippen LogP contribution in [0.3, 0.4) is 0 Å². The third kappa shape index (κ3) is 3.86. The van der Waals surface area contributed by atoms with E-state index in [-0.39, 0.29) is 17.0 Å². The Morgan fingerprint density at radius 3 is 2.67 bits per heavy atom. The number of amides is 2. The lowest BCUT2D eigenvalue weighted by molar-refractivity contribution is -0.121.